The Morgan fingerprint density at radius 1 is 1.10 bits per heavy atom. The summed E-state index contributed by atoms with van der Waals surface area (Å²) in [5.74, 6) is -0.452. The molecule has 5 nitrogen and oxygen atoms in total. The summed E-state index contributed by atoms with van der Waals surface area (Å²) in [5, 5.41) is 5.28. The molecule has 8 heteroatoms. The predicted molar refractivity (Wildman–Crippen MR) is 128 cm³/mol. The van der Waals surface area contributed by atoms with Gasteiger partial charge in [0, 0.05) is 27.2 Å². The molecule has 31 heavy (non-hydrogen) atoms. The second-order valence-corrected chi connectivity index (χ2v) is 8.66. The molecule has 0 aliphatic carbocycles. The van der Waals surface area contributed by atoms with Crippen LogP contribution < -0.4 is 10.9 Å². The van der Waals surface area contributed by atoms with E-state index >= 15 is 0 Å². The fourth-order valence-electron chi connectivity index (χ4n) is 3.25. The molecule has 0 amide bonds. The number of hydrogen-bond donors (Lipinski definition) is 1. The Morgan fingerprint density at radius 2 is 1.84 bits per heavy atom. The first-order chi connectivity index (χ1) is 14.9. The van der Waals surface area contributed by atoms with Crippen molar-refractivity contribution in [1.29, 1.82) is 0 Å². The van der Waals surface area contributed by atoms with Crippen LogP contribution in [0.4, 0.5) is 11.4 Å². The van der Waals surface area contributed by atoms with E-state index in [1.165, 1.54) is 17.4 Å². The number of rotatable bonds is 5. The minimum atomic E-state index is -0.452. The summed E-state index contributed by atoms with van der Waals surface area (Å²) in [6.07, 6.45) is 0. The third kappa shape index (κ3) is 4.19. The van der Waals surface area contributed by atoms with Crippen LogP contribution in [0.15, 0.2) is 59.4 Å². The summed E-state index contributed by atoms with van der Waals surface area (Å²) in [4.78, 5) is 26.5. The van der Waals surface area contributed by atoms with E-state index in [0.717, 1.165) is 16.6 Å². The Labute approximate surface area is 192 Å². The molecule has 0 saturated heterocycles. The molecule has 0 saturated carbocycles. The second kappa shape index (κ2) is 8.75. The molecule has 0 radical (unpaired) electrons. The fourth-order valence-corrected chi connectivity index (χ4v) is 4.66. The zero-order chi connectivity index (χ0) is 22.1. The quantitative estimate of drug-likeness (QED) is 0.333. The first kappa shape index (κ1) is 21.4. The van der Waals surface area contributed by atoms with Gasteiger partial charge in [0.15, 0.2) is 0 Å². The molecule has 1 N–H and O–H groups in total. The number of carbonyl (C=O) groups excluding carboxylic acids is 1. The summed E-state index contributed by atoms with van der Waals surface area (Å²) in [7, 11) is 0. The molecular formula is C23H18Cl2N2O3S. The fraction of sp³-hybridized carbons (Fsp3) is 0.130. The van der Waals surface area contributed by atoms with Gasteiger partial charge < -0.3 is 10.1 Å². The molecule has 2 aromatic heterocycles. The minimum Gasteiger partial charge on any atom is -0.462 e. The van der Waals surface area contributed by atoms with E-state index in [2.05, 4.69) is 5.32 Å². The number of pyridine rings is 1. The SMILES string of the molecule is CCOC(=O)c1sc2c(ccc(=O)n2-c2ccc(Cl)cc2)c1Nc1ccc(Cl)c(C)c1. The van der Waals surface area contributed by atoms with Crippen LogP contribution >= 0.6 is 34.5 Å². The smallest absolute Gasteiger partial charge is 0.350 e. The van der Waals surface area contributed by atoms with Crippen LogP contribution in [0.3, 0.4) is 0 Å². The zero-order valence-electron chi connectivity index (χ0n) is 16.7. The van der Waals surface area contributed by atoms with Gasteiger partial charge in [-0.15, -0.1) is 11.3 Å². The maximum Gasteiger partial charge on any atom is 0.350 e. The van der Waals surface area contributed by atoms with Gasteiger partial charge in [-0.2, -0.15) is 0 Å². The topological polar surface area (TPSA) is 60.3 Å². The second-order valence-electron chi connectivity index (χ2n) is 6.82. The Bertz CT molecular complexity index is 1340. The van der Waals surface area contributed by atoms with Crippen molar-refractivity contribution in [2.75, 3.05) is 11.9 Å². The molecule has 4 rings (SSSR count). The average molecular weight is 473 g/mol. The normalized spacial score (nSPS) is 11.0. The predicted octanol–water partition coefficient (Wildman–Crippen LogP) is 6.59. The Morgan fingerprint density at radius 3 is 2.52 bits per heavy atom. The van der Waals surface area contributed by atoms with Crippen LogP contribution in [0.1, 0.15) is 22.2 Å². The molecule has 4 aromatic rings. The van der Waals surface area contributed by atoms with Gasteiger partial charge in [0.2, 0.25) is 0 Å². The molecule has 0 aliphatic heterocycles. The van der Waals surface area contributed by atoms with Gasteiger partial charge in [-0.25, -0.2) is 4.79 Å². The van der Waals surface area contributed by atoms with Crippen LogP contribution in [0, 0.1) is 6.92 Å². The van der Waals surface area contributed by atoms with Crippen molar-refractivity contribution in [3.05, 3.63) is 85.4 Å². The number of halogens is 2. The third-order valence-electron chi connectivity index (χ3n) is 4.71. The van der Waals surface area contributed by atoms with E-state index in [0.29, 0.717) is 31.1 Å². The number of hydrogen-bond acceptors (Lipinski definition) is 5. The maximum atomic E-state index is 12.8. The lowest BCUT2D eigenvalue weighted by molar-refractivity contribution is 0.0533. The van der Waals surface area contributed by atoms with Gasteiger partial charge in [-0.1, -0.05) is 23.2 Å². The van der Waals surface area contributed by atoms with E-state index in [-0.39, 0.29) is 12.2 Å². The summed E-state index contributed by atoms with van der Waals surface area (Å²) in [6.45, 7) is 3.91. The van der Waals surface area contributed by atoms with E-state index in [9.17, 15) is 9.59 Å². The Kier molecular flexibility index (Phi) is 6.05. The average Bonchev–Trinajstić information content (AvgIpc) is 3.10. The summed E-state index contributed by atoms with van der Waals surface area (Å²) >= 11 is 13.4. The first-order valence-electron chi connectivity index (χ1n) is 9.54. The number of esters is 1. The molecule has 0 spiro atoms. The molecule has 158 valence electrons. The summed E-state index contributed by atoms with van der Waals surface area (Å²) < 4.78 is 6.84. The summed E-state index contributed by atoms with van der Waals surface area (Å²) in [5.41, 5.74) is 2.71. The highest BCUT2D eigenvalue weighted by molar-refractivity contribution is 7.21. The number of fused-ring (bicyclic) bond motifs is 1. The number of anilines is 2. The van der Waals surface area contributed by atoms with Crippen LogP contribution in [0.25, 0.3) is 15.9 Å². The lowest BCUT2D eigenvalue weighted by atomic mass is 10.2. The lowest BCUT2D eigenvalue weighted by Gasteiger charge is -2.10. The third-order valence-corrected chi connectivity index (χ3v) is 6.56. The van der Waals surface area contributed by atoms with Crippen molar-refractivity contribution >= 4 is 62.1 Å². The van der Waals surface area contributed by atoms with Crippen molar-refractivity contribution in [1.82, 2.24) is 4.57 Å². The molecule has 0 aliphatic rings. The number of carbonyl (C=O) groups is 1. The van der Waals surface area contributed by atoms with E-state index in [1.807, 2.05) is 19.1 Å². The number of aryl methyl sites for hydroxylation is 1. The highest BCUT2D eigenvalue weighted by Gasteiger charge is 2.23. The maximum absolute atomic E-state index is 12.8. The highest BCUT2D eigenvalue weighted by Crippen LogP contribution is 2.38. The lowest BCUT2D eigenvalue weighted by Crippen LogP contribution is -2.16. The van der Waals surface area contributed by atoms with Crippen LogP contribution in [-0.4, -0.2) is 17.1 Å². The monoisotopic (exact) mass is 472 g/mol. The van der Waals surface area contributed by atoms with E-state index < -0.39 is 5.97 Å². The van der Waals surface area contributed by atoms with Crippen LogP contribution in [-0.2, 0) is 4.74 Å². The number of thiophene rings is 1. The van der Waals surface area contributed by atoms with E-state index in [1.54, 1.807) is 47.9 Å². The van der Waals surface area contributed by atoms with E-state index in [4.69, 9.17) is 27.9 Å². The van der Waals surface area contributed by atoms with Crippen molar-refractivity contribution in [3.8, 4) is 5.69 Å². The minimum absolute atomic E-state index is 0.208. The first-order valence-corrected chi connectivity index (χ1v) is 11.1. The molecule has 2 heterocycles. The van der Waals surface area contributed by atoms with Gasteiger partial charge in [0.25, 0.3) is 5.56 Å². The number of ether oxygens (including phenoxy) is 1. The molecular weight excluding hydrogens is 455 g/mol. The Balaban J connectivity index is 1.94. The van der Waals surface area contributed by atoms with Crippen molar-refractivity contribution in [2.45, 2.75) is 13.8 Å². The number of nitrogens with one attached hydrogen (secondary N) is 1. The number of aromatic nitrogens is 1. The standard InChI is InChI=1S/C23H18Cl2N2O3S/c1-3-30-23(29)21-20(26-15-6-10-18(25)13(2)12-15)17-9-11-19(28)27(22(17)31-21)16-7-4-14(24)5-8-16/h4-12,26H,3H2,1-2H3. The van der Waals surface area contributed by atoms with Gasteiger partial charge in [-0.05, 0) is 67.9 Å². The van der Waals surface area contributed by atoms with Crippen molar-refractivity contribution < 1.29 is 9.53 Å². The zero-order valence-corrected chi connectivity index (χ0v) is 19.1. The Hall–Kier alpha value is -2.80. The van der Waals surface area contributed by atoms with Crippen molar-refractivity contribution in [3.63, 3.8) is 0 Å². The molecule has 0 fully saturated rings. The van der Waals surface area contributed by atoms with Crippen molar-refractivity contribution in [2.24, 2.45) is 0 Å². The molecule has 0 bridgehead atoms. The van der Waals surface area contributed by atoms with Gasteiger partial charge in [0.05, 0.1) is 18.0 Å². The van der Waals surface area contributed by atoms with Gasteiger partial charge in [-0.3, -0.25) is 9.36 Å². The molecule has 2 aromatic carbocycles. The van der Waals surface area contributed by atoms with Crippen LogP contribution in [0.2, 0.25) is 10.0 Å². The largest absolute Gasteiger partial charge is 0.462 e. The van der Waals surface area contributed by atoms with Gasteiger partial charge >= 0.3 is 5.97 Å². The number of nitrogens with zero attached hydrogens (tertiary/aromatic N) is 1. The molecule has 0 unspecified atom stereocenters. The van der Waals surface area contributed by atoms with Crippen LogP contribution in [0.5, 0.6) is 0 Å². The number of benzene rings is 2. The van der Waals surface area contributed by atoms with Gasteiger partial charge in [0.1, 0.15) is 9.71 Å². The highest BCUT2D eigenvalue weighted by atomic mass is 35.5. The summed E-state index contributed by atoms with van der Waals surface area (Å²) in [6, 6.07) is 15.7. The molecule has 0 atom stereocenters.